The van der Waals surface area contributed by atoms with Gasteiger partial charge in [-0.15, -0.1) is 5.10 Å². The second-order valence-corrected chi connectivity index (χ2v) is 7.64. The topological polar surface area (TPSA) is 84.2 Å². The summed E-state index contributed by atoms with van der Waals surface area (Å²) in [6.07, 6.45) is 2.91. The molecule has 2 amide bonds. The molecule has 2 aromatic rings. The molecule has 0 spiro atoms. The van der Waals surface area contributed by atoms with E-state index in [1.54, 1.807) is 24.0 Å². The number of aryl methyl sites for hydroxylation is 1. The van der Waals surface area contributed by atoms with Gasteiger partial charge in [-0.2, -0.15) is 0 Å². The van der Waals surface area contributed by atoms with E-state index in [1.165, 1.54) is 16.9 Å². The predicted molar refractivity (Wildman–Crippen MR) is 98.5 cm³/mol. The van der Waals surface area contributed by atoms with Crippen molar-refractivity contribution in [1.82, 2.24) is 29.8 Å². The molecule has 2 fully saturated rings. The van der Waals surface area contributed by atoms with E-state index >= 15 is 0 Å². The van der Waals surface area contributed by atoms with E-state index in [2.05, 4.69) is 15.3 Å². The minimum atomic E-state index is -2.99. The lowest BCUT2D eigenvalue weighted by Gasteiger charge is -2.23. The van der Waals surface area contributed by atoms with Gasteiger partial charge in [0.1, 0.15) is 5.69 Å². The van der Waals surface area contributed by atoms with Crippen LogP contribution in [0.4, 0.5) is 8.78 Å². The maximum atomic E-state index is 14.1. The fourth-order valence-corrected chi connectivity index (χ4v) is 3.89. The number of amides is 2. The first-order valence-electron chi connectivity index (χ1n) is 9.64. The highest BCUT2D eigenvalue weighted by molar-refractivity contribution is 5.93. The molecule has 2 aliphatic heterocycles. The van der Waals surface area contributed by atoms with Gasteiger partial charge in [-0.25, -0.2) is 18.4 Å². The van der Waals surface area contributed by atoms with Crippen LogP contribution >= 0.6 is 0 Å². The van der Waals surface area contributed by atoms with Gasteiger partial charge in [-0.1, -0.05) is 11.3 Å². The van der Waals surface area contributed by atoms with Crippen LogP contribution in [0.1, 0.15) is 45.9 Å². The van der Waals surface area contributed by atoms with Crippen LogP contribution in [0.3, 0.4) is 0 Å². The Balaban J connectivity index is 1.50. The van der Waals surface area contributed by atoms with Gasteiger partial charge in [0.15, 0.2) is 5.69 Å². The Bertz CT molecular complexity index is 925. The number of carbonyl (C=O) groups excluding carboxylic acids is 2. The van der Waals surface area contributed by atoms with Crippen LogP contribution in [0.25, 0.3) is 0 Å². The van der Waals surface area contributed by atoms with Crippen LogP contribution in [-0.2, 0) is 6.54 Å². The molecule has 8 nitrogen and oxygen atoms in total. The highest BCUT2D eigenvalue weighted by Crippen LogP contribution is 2.33. The first kappa shape index (κ1) is 19.4. The molecular formula is C19H22F2N6O2. The van der Waals surface area contributed by atoms with Crippen molar-refractivity contribution >= 4 is 11.8 Å². The first-order valence-corrected chi connectivity index (χ1v) is 9.64. The van der Waals surface area contributed by atoms with Crippen molar-refractivity contribution in [2.75, 3.05) is 19.6 Å². The Hall–Kier alpha value is -2.91. The van der Waals surface area contributed by atoms with Crippen LogP contribution in [0, 0.1) is 6.92 Å². The van der Waals surface area contributed by atoms with Gasteiger partial charge in [-0.05, 0) is 31.9 Å². The van der Waals surface area contributed by atoms with Gasteiger partial charge < -0.3 is 9.80 Å². The van der Waals surface area contributed by atoms with Crippen LogP contribution < -0.4 is 0 Å². The van der Waals surface area contributed by atoms with E-state index in [4.69, 9.17) is 0 Å². The lowest BCUT2D eigenvalue weighted by molar-refractivity contribution is 0.0116. The molecule has 10 heteroatoms. The van der Waals surface area contributed by atoms with Crippen molar-refractivity contribution in [2.45, 2.75) is 44.7 Å². The fraction of sp³-hybridized carbons (Fsp3) is 0.526. The second kappa shape index (κ2) is 7.49. The Labute approximate surface area is 166 Å². The van der Waals surface area contributed by atoms with E-state index in [0.717, 1.165) is 17.7 Å². The number of likely N-dealkylation sites (tertiary alicyclic amines) is 2. The molecule has 4 heterocycles. The zero-order valence-corrected chi connectivity index (χ0v) is 16.1. The summed E-state index contributed by atoms with van der Waals surface area (Å²) >= 11 is 0. The smallest absolute Gasteiger partial charge is 0.276 e. The van der Waals surface area contributed by atoms with Gasteiger partial charge in [-0.3, -0.25) is 9.59 Å². The second-order valence-electron chi connectivity index (χ2n) is 7.64. The standard InChI is InChI=1S/C19H22F2N6O2/c1-13-5-4-6-15(22-13)18(29)27-12-19(20,21)9-14(27)10-26-11-16(23-24-26)17(28)25-7-2-3-8-25/h4-6,11,14H,2-3,7-10,12H2,1H3. The van der Waals surface area contributed by atoms with Gasteiger partial charge in [0.05, 0.1) is 25.3 Å². The number of pyridine rings is 1. The average molecular weight is 404 g/mol. The van der Waals surface area contributed by atoms with E-state index in [9.17, 15) is 18.4 Å². The molecule has 0 aromatic carbocycles. The van der Waals surface area contributed by atoms with Crippen LogP contribution in [0.5, 0.6) is 0 Å². The molecule has 4 rings (SSSR count). The quantitative estimate of drug-likeness (QED) is 0.776. The van der Waals surface area contributed by atoms with Crippen LogP contribution in [0.2, 0.25) is 0 Å². The zero-order valence-electron chi connectivity index (χ0n) is 16.1. The van der Waals surface area contributed by atoms with Crippen molar-refractivity contribution < 1.29 is 18.4 Å². The summed E-state index contributed by atoms with van der Waals surface area (Å²) in [4.78, 5) is 32.2. The largest absolute Gasteiger partial charge is 0.337 e. The average Bonchev–Trinajstić information content (AvgIpc) is 3.41. The van der Waals surface area contributed by atoms with E-state index in [-0.39, 0.29) is 23.8 Å². The zero-order chi connectivity index (χ0) is 20.6. The van der Waals surface area contributed by atoms with Gasteiger partial charge >= 0.3 is 0 Å². The van der Waals surface area contributed by atoms with Crippen molar-refractivity contribution in [3.63, 3.8) is 0 Å². The number of alkyl halides is 2. The minimum absolute atomic E-state index is 0.0351. The molecule has 1 atom stereocenters. The van der Waals surface area contributed by atoms with E-state index in [0.29, 0.717) is 18.8 Å². The molecule has 0 aliphatic carbocycles. The van der Waals surface area contributed by atoms with Gasteiger partial charge in [0, 0.05) is 25.2 Å². The summed E-state index contributed by atoms with van der Waals surface area (Å²) in [6.45, 7) is 2.48. The normalized spacial score (nSPS) is 21.0. The number of nitrogens with zero attached hydrogens (tertiary/aromatic N) is 6. The number of rotatable bonds is 4. The summed E-state index contributed by atoms with van der Waals surface area (Å²) in [5.74, 6) is -3.73. The number of hydrogen-bond donors (Lipinski definition) is 0. The third-order valence-corrected chi connectivity index (χ3v) is 5.29. The van der Waals surface area contributed by atoms with Crippen molar-refractivity contribution in [3.8, 4) is 0 Å². The third kappa shape index (κ3) is 4.10. The molecule has 0 radical (unpaired) electrons. The van der Waals surface area contributed by atoms with Crippen molar-refractivity contribution in [2.24, 2.45) is 0 Å². The summed E-state index contributed by atoms with van der Waals surface area (Å²) in [5.41, 5.74) is 0.964. The lowest BCUT2D eigenvalue weighted by atomic mass is 10.2. The van der Waals surface area contributed by atoms with E-state index in [1.807, 2.05) is 0 Å². The first-order chi connectivity index (χ1) is 13.8. The monoisotopic (exact) mass is 404 g/mol. The summed E-state index contributed by atoms with van der Waals surface area (Å²) < 4.78 is 29.6. The fourth-order valence-electron chi connectivity index (χ4n) is 3.89. The molecule has 154 valence electrons. The molecule has 0 N–H and O–H groups in total. The SMILES string of the molecule is Cc1cccc(C(=O)N2CC(F)(F)CC2Cn2cc(C(=O)N3CCCC3)nn2)n1. The number of carbonyl (C=O) groups is 2. The lowest BCUT2D eigenvalue weighted by Crippen LogP contribution is -2.39. The highest BCUT2D eigenvalue weighted by atomic mass is 19.3. The minimum Gasteiger partial charge on any atom is -0.337 e. The molecule has 1 unspecified atom stereocenters. The Morgan fingerprint density at radius 2 is 1.93 bits per heavy atom. The van der Waals surface area contributed by atoms with Crippen molar-refractivity contribution in [1.29, 1.82) is 0 Å². The van der Waals surface area contributed by atoms with Crippen LogP contribution in [-0.4, -0.2) is 73.2 Å². The third-order valence-electron chi connectivity index (χ3n) is 5.29. The number of hydrogen-bond acceptors (Lipinski definition) is 5. The molecule has 2 saturated heterocycles. The van der Waals surface area contributed by atoms with Gasteiger partial charge in [0.2, 0.25) is 0 Å². The number of aromatic nitrogens is 4. The summed E-state index contributed by atoms with van der Waals surface area (Å²) in [5, 5.41) is 7.82. The Morgan fingerprint density at radius 1 is 1.17 bits per heavy atom. The maximum Gasteiger partial charge on any atom is 0.276 e. The molecule has 2 aliphatic rings. The molecule has 2 aromatic heterocycles. The maximum absolute atomic E-state index is 14.1. The highest BCUT2D eigenvalue weighted by Gasteiger charge is 2.47. The summed E-state index contributed by atoms with van der Waals surface area (Å²) in [7, 11) is 0. The molecular weight excluding hydrogens is 382 g/mol. The Morgan fingerprint density at radius 3 is 2.66 bits per heavy atom. The van der Waals surface area contributed by atoms with Crippen molar-refractivity contribution in [3.05, 3.63) is 41.5 Å². The summed E-state index contributed by atoms with van der Waals surface area (Å²) in [6, 6.07) is 4.16. The number of halogens is 2. The molecule has 29 heavy (non-hydrogen) atoms. The Kier molecular flexibility index (Phi) is 5.01. The van der Waals surface area contributed by atoms with Gasteiger partial charge in [0.25, 0.3) is 17.7 Å². The van der Waals surface area contributed by atoms with E-state index < -0.39 is 30.8 Å². The molecule has 0 saturated carbocycles. The predicted octanol–water partition coefficient (Wildman–Crippen LogP) is 1.77. The van der Waals surface area contributed by atoms with Crippen LogP contribution in [0.15, 0.2) is 24.4 Å². The molecule has 0 bridgehead atoms.